The second-order valence-electron chi connectivity index (χ2n) is 5.51. The molecule has 0 unspecified atom stereocenters. The standard InChI is InChI=1S/C17H14N6O2/c1-22-9-13(19-10-22)11-7-15(14-5-6-20-23(14)8-11)25-16-4-2-3-12(21-16)17(18)24/h2-10H,1H3,(H2,18,24). The summed E-state index contributed by atoms with van der Waals surface area (Å²) in [7, 11) is 1.90. The van der Waals surface area contributed by atoms with E-state index in [1.807, 2.05) is 36.1 Å². The van der Waals surface area contributed by atoms with Gasteiger partial charge in [-0.05, 0) is 18.2 Å². The van der Waals surface area contributed by atoms with Crippen molar-refractivity contribution in [3.63, 3.8) is 0 Å². The maximum atomic E-state index is 11.3. The van der Waals surface area contributed by atoms with Gasteiger partial charge in [0.15, 0.2) is 5.75 Å². The minimum atomic E-state index is -0.609. The third-order valence-corrected chi connectivity index (χ3v) is 3.66. The average Bonchev–Trinajstić information content (AvgIpc) is 3.23. The van der Waals surface area contributed by atoms with Crippen molar-refractivity contribution in [1.29, 1.82) is 0 Å². The van der Waals surface area contributed by atoms with Crippen molar-refractivity contribution < 1.29 is 9.53 Å². The van der Waals surface area contributed by atoms with Gasteiger partial charge >= 0.3 is 0 Å². The predicted octanol–water partition coefficient (Wildman–Crippen LogP) is 2.02. The van der Waals surface area contributed by atoms with Gasteiger partial charge in [0.1, 0.15) is 11.2 Å². The van der Waals surface area contributed by atoms with Crippen molar-refractivity contribution in [2.24, 2.45) is 12.8 Å². The van der Waals surface area contributed by atoms with E-state index in [1.165, 1.54) is 6.07 Å². The third kappa shape index (κ3) is 2.80. The summed E-state index contributed by atoms with van der Waals surface area (Å²) in [5, 5.41) is 4.27. The van der Waals surface area contributed by atoms with Crippen LogP contribution in [0.3, 0.4) is 0 Å². The van der Waals surface area contributed by atoms with Crippen LogP contribution in [0.25, 0.3) is 16.8 Å². The Hall–Kier alpha value is -3.68. The van der Waals surface area contributed by atoms with Gasteiger partial charge in [-0.25, -0.2) is 14.5 Å². The summed E-state index contributed by atoms with van der Waals surface area (Å²) in [4.78, 5) is 19.8. The molecule has 4 aromatic heterocycles. The fourth-order valence-corrected chi connectivity index (χ4v) is 2.50. The lowest BCUT2D eigenvalue weighted by Crippen LogP contribution is -2.12. The quantitative estimate of drug-likeness (QED) is 0.615. The largest absolute Gasteiger partial charge is 0.437 e. The molecule has 2 N–H and O–H groups in total. The average molecular weight is 334 g/mol. The first-order valence-corrected chi connectivity index (χ1v) is 7.50. The zero-order valence-electron chi connectivity index (χ0n) is 13.3. The van der Waals surface area contributed by atoms with Crippen LogP contribution in [0.15, 0.2) is 55.2 Å². The molecule has 0 fully saturated rings. The zero-order chi connectivity index (χ0) is 17.4. The summed E-state index contributed by atoms with van der Waals surface area (Å²) in [6.07, 6.45) is 7.18. The fourth-order valence-electron chi connectivity index (χ4n) is 2.50. The van der Waals surface area contributed by atoms with Crippen LogP contribution < -0.4 is 10.5 Å². The number of rotatable bonds is 4. The maximum Gasteiger partial charge on any atom is 0.267 e. The van der Waals surface area contributed by atoms with E-state index in [0.717, 1.165) is 16.8 Å². The number of nitrogens with zero attached hydrogens (tertiary/aromatic N) is 5. The predicted molar refractivity (Wildman–Crippen MR) is 90.2 cm³/mol. The number of aromatic nitrogens is 5. The molecule has 4 heterocycles. The van der Waals surface area contributed by atoms with Crippen LogP contribution >= 0.6 is 0 Å². The summed E-state index contributed by atoms with van der Waals surface area (Å²) in [6.45, 7) is 0. The van der Waals surface area contributed by atoms with Gasteiger partial charge in [0.2, 0.25) is 5.88 Å². The molecule has 4 rings (SSSR count). The van der Waals surface area contributed by atoms with Gasteiger partial charge < -0.3 is 15.0 Å². The van der Waals surface area contributed by atoms with Crippen molar-refractivity contribution >= 4 is 11.4 Å². The number of imidazole rings is 1. The van der Waals surface area contributed by atoms with Gasteiger partial charge in [-0.3, -0.25) is 4.79 Å². The van der Waals surface area contributed by atoms with E-state index in [-0.39, 0.29) is 11.6 Å². The van der Waals surface area contributed by atoms with Crippen molar-refractivity contribution in [2.75, 3.05) is 0 Å². The monoisotopic (exact) mass is 334 g/mol. The molecule has 0 aliphatic heterocycles. The number of nitrogens with two attached hydrogens (primary N) is 1. The number of carbonyl (C=O) groups is 1. The van der Waals surface area contributed by atoms with Crippen LogP contribution in [0.5, 0.6) is 11.6 Å². The molecular formula is C17H14N6O2. The van der Waals surface area contributed by atoms with Gasteiger partial charge in [0, 0.05) is 31.1 Å². The van der Waals surface area contributed by atoms with E-state index in [0.29, 0.717) is 5.75 Å². The van der Waals surface area contributed by atoms with Gasteiger partial charge in [0.05, 0.1) is 18.2 Å². The third-order valence-electron chi connectivity index (χ3n) is 3.66. The van der Waals surface area contributed by atoms with Gasteiger partial charge in [0.25, 0.3) is 5.91 Å². The molecule has 0 aliphatic carbocycles. The number of fused-ring (bicyclic) bond motifs is 1. The lowest BCUT2D eigenvalue weighted by molar-refractivity contribution is 0.0995. The van der Waals surface area contributed by atoms with E-state index in [9.17, 15) is 4.79 Å². The molecule has 124 valence electrons. The highest BCUT2D eigenvalue weighted by Crippen LogP contribution is 2.30. The van der Waals surface area contributed by atoms with Crippen LogP contribution in [0, 0.1) is 0 Å². The Morgan fingerprint density at radius 1 is 1.24 bits per heavy atom. The first kappa shape index (κ1) is 14.9. The number of amides is 1. The molecule has 0 bridgehead atoms. The number of pyridine rings is 2. The number of carbonyl (C=O) groups excluding carboxylic acids is 1. The minimum Gasteiger partial charge on any atom is -0.437 e. The summed E-state index contributed by atoms with van der Waals surface area (Å²) in [6, 6.07) is 8.55. The van der Waals surface area contributed by atoms with Gasteiger partial charge in [-0.15, -0.1) is 0 Å². The molecule has 4 aromatic rings. The second-order valence-corrected chi connectivity index (χ2v) is 5.51. The zero-order valence-corrected chi connectivity index (χ0v) is 13.3. The van der Waals surface area contributed by atoms with E-state index < -0.39 is 5.91 Å². The van der Waals surface area contributed by atoms with Crippen molar-refractivity contribution in [3.05, 3.63) is 60.9 Å². The highest BCUT2D eigenvalue weighted by molar-refractivity contribution is 5.90. The lowest BCUT2D eigenvalue weighted by Gasteiger charge is -2.09. The first-order chi connectivity index (χ1) is 12.1. The summed E-state index contributed by atoms with van der Waals surface area (Å²) in [5.74, 6) is 0.217. The van der Waals surface area contributed by atoms with Gasteiger partial charge in [-0.2, -0.15) is 5.10 Å². The highest BCUT2D eigenvalue weighted by Gasteiger charge is 2.12. The lowest BCUT2D eigenvalue weighted by atomic mass is 10.2. The second kappa shape index (κ2) is 5.75. The number of hydrogen-bond donors (Lipinski definition) is 1. The highest BCUT2D eigenvalue weighted by atomic mass is 16.5. The van der Waals surface area contributed by atoms with E-state index >= 15 is 0 Å². The number of aryl methyl sites for hydroxylation is 1. The molecule has 0 aliphatic rings. The summed E-state index contributed by atoms with van der Waals surface area (Å²) in [5.41, 5.74) is 7.82. The molecule has 1 amide bonds. The first-order valence-electron chi connectivity index (χ1n) is 7.50. The molecule has 0 aromatic carbocycles. The molecule has 0 saturated heterocycles. The fraction of sp³-hybridized carbons (Fsp3) is 0.0588. The van der Waals surface area contributed by atoms with E-state index in [1.54, 1.807) is 29.2 Å². The smallest absolute Gasteiger partial charge is 0.267 e. The number of primary amides is 1. The number of hydrogen-bond acceptors (Lipinski definition) is 5. The Bertz CT molecular complexity index is 1080. The topological polar surface area (TPSA) is 100 Å². The molecule has 8 nitrogen and oxygen atoms in total. The Kier molecular flexibility index (Phi) is 3.42. The molecule has 0 spiro atoms. The Labute approximate surface area is 142 Å². The Morgan fingerprint density at radius 2 is 2.12 bits per heavy atom. The maximum absolute atomic E-state index is 11.3. The van der Waals surface area contributed by atoms with Crippen molar-refractivity contribution in [3.8, 4) is 22.9 Å². The normalized spacial score (nSPS) is 10.9. The molecule has 0 radical (unpaired) electrons. The van der Waals surface area contributed by atoms with Crippen LogP contribution in [0.1, 0.15) is 10.5 Å². The van der Waals surface area contributed by atoms with Crippen LogP contribution in [-0.4, -0.2) is 30.1 Å². The van der Waals surface area contributed by atoms with Crippen LogP contribution in [-0.2, 0) is 7.05 Å². The van der Waals surface area contributed by atoms with E-state index in [2.05, 4.69) is 15.1 Å². The van der Waals surface area contributed by atoms with Crippen molar-refractivity contribution in [1.82, 2.24) is 24.1 Å². The summed E-state index contributed by atoms with van der Waals surface area (Å²) < 4.78 is 9.46. The molecule has 25 heavy (non-hydrogen) atoms. The summed E-state index contributed by atoms with van der Waals surface area (Å²) >= 11 is 0. The number of ether oxygens (including phenoxy) is 1. The van der Waals surface area contributed by atoms with Gasteiger partial charge in [-0.1, -0.05) is 6.07 Å². The van der Waals surface area contributed by atoms with E-state index in [4.69, 9.17) is 10.5 Å². The molecule has 8 heteroatoms. The molecule has 0 saturated carbocycles. The Morgan fingerprint density at radius 3 is 2.88 bits per heavy atom. The Balaban J connectivity index is 1.79. The van der Waals surface area contributed by atoms with Crippen LogP contribution in [0.2, 0.25) is 0 Å². The SMILES string of the molecule is Cn1cnc(-c2cc(Oc3cccc(C(N)=O)n3)c3ccnn3c2)c1. The molecular weight excluding hydrogens is 320 g/mol. The minimum absolute atomic E-state index is 0.142. The van der Waals surface area contributed by atoms with Crippen molar-refractivity contribution in [2.45, 2.75) is 0 Å². The van der Waals surface area contributed by atoms with Crippen LogP contribution in [0.4, 0.5) is 0 Å². The molecule has 0 atom stereocenters.